The van der Waals surface area contributed by atoms with Crippen molar-refractivity contribution in [3.05, 3.63) is 48.2 Å². The van der Waals surface area contributed by atoms with E-state index >= 15 is 0 Å². The van der Waals surface area contributed by atoms with Gasteiger partial charge in [0.05, 0.1) is 12.7 Å². The second-order valence-corrected chi connectivity index (χ2v) is 7.35. The lowest BCUT2D eigenvalue weighted by Gasteiger charge is -2.24. The first kappa shape index (κ1) is 21.5. The Bertz CT molecular complexity index is 631. The number of ether oxygens (including phenoxy) is 1. The summed E-state index contributed by atoms with van der Waals surface area (Å²) in [7, 11) is -0.253. The third-order valence-corrected chi connectivity index (χ3v) is 4.98. The van der Waals surface area contributed by atoms with Crippen molar-refractivity contribution < 1.29 is 23.7 Å². The third-order valence-electron chi connectivity index (χ3n) is 4.16. The fraction of sp³-hybridized carbons (Fsp3) is 0.444. The number of likely N-dealkylation sites (N-methyl/N-ethyl adjacent to an activating group) is 1. The van der Waals surface area contributed by atoms with Crippen LogP contribution in [0.4, 0.5) is 0 Å². The Balaban J connectivity index is 1.77. The van der Waals surface area contributed by atoms with Crippen LogP contribution in [0.5, 0.6) is 0 Å². The first-order chi connectivity index (χ1) is 13.0. The number of hydrogen-bond acceptors (Lipinski definition) is 6. The molecule has 0 radical (unpaired) electrons. The topological polar surface area (TPSA) is 100 Å². The van der Waals surface area contributed by atoms with Crippen molar-refractivity contribution in [1.82, 2.24) is 15.3 Å². The van der Waals surface area contributed by atoms with Gasteiger partial charge in [0.2, 0.25) is 12.3 Å². The van der Waals surface area contributed by atoms with Crippen LogP contribution < -0.4 is 10.4 Å². The average Bonchev–Trinajstić information content (AvgIpc) is 3.06. The smallest absolute Gasteiger partial charge is 0.253 e. The number of nitrogens with one attached hydrogen (secondary N) is 2. The summed E-state index contributed by atoms with van der Waals surface area (Å²) in [5, 5.41) is 5.39. The van der Waals surface area contributed by atoms with Gasteiger partial charge in [-0.2, -0.15) is 0 Å². The minimum atomic E-state index is -1.77. The van der Waals surface area contributed by atoms with E-state index in [-0.39, 0.29) is 24.5 Å². The molecule has 4 unspecified atom stereocenters. The zero-order valence-electron chi connectivity index (χ0n) is 15.4. The average molecular weight is 395 g/mol. The molecule has 0 aromatic heterocycles. The zero-order chi connectivity index (χ0) is 19.6. The van der Waals surface area contributed by atoms with Gasteiger partial charge < -0.3 is 19.5 Å². The molecule has 8 nitrogen and oxygen atoms in total. The highest BCUT2D eigenvalue weighted by Gasteiger charge is 2.35. The second kappa shape index (κ2) is 11.1. The van der Waals surface area contributed by atoms with Gasteiger partial charge in [-0.25, -0.2) is 5.09 Å². The molecule has 1 aliphatic rings. The maximum atomic E-state index is 11.3. The van der Waals surface area contributed by atoms with Crippen molar-refractivity contribution in [3.63, 3.8) is 0 Å². The van der Waals surface area contributed by atoms with Crippen molar-refractivity contribution in [2.45, 2.75) is 32.2 Å². The first-order valence-electron chi connectivity index (χ1n) is 8.71. The van der Waals surface area contributed by atoms with E-state index in [0.29, 0.717) is 19.4 Å². The molecule has 4 atom stereocenters. The van der Waals surface area contributed by atoms with Crippen LogP contribution in [0.3, 0.4) is 0 Å². The van der Waals surface area contributed by atoms with Gasteiger partial charge in [-0.15, -0.1) is 0 Å². The molecule has 0 saturated carbocycles. The van der Waals surface area contributed by atoms with Gasteiger partial charge in [0.15, 0.2) is 0 Å². The number of hydrogen-bond donors (Lipinski definition) is 3. The van der Waals surface area contributed by atoms with Gasteiger partial charge >= 0.3 is 0 Å². The van der Waals surface area contributed by atoms with Crippen LogP contribution in [0.25, 0.3) is 0 Å². The summed E-state index contributed by atoms with van der Waals surface area (Å²) in [4.78, 5) is 33.9. The zero-order valence-corrected chi connectivity index (χ0v) is 16.3. The molecule has 27 heavy (non-hydrogen) atoms. The summed E-state index contributed by atoms with van der Waals surface area (Å²) in [6.45, 7) is 2.69. The van der Waals surface area contributed by atoms with Crippen molar-refractivity contribution in [2.24, 2.45) is 5.92 Å². The molecule has 1 aromatic rings. The van der Waals surface area contributed by atoms with E-state index in [1.165, 1.54) is 24.2 Å². The van der Waals surface area contributed by atoms with Crippen LogP contribution in [-0.2, 0) is 25.4 Å². The van der Waals surface area contributed by atoms with Gasteiger partial charge in [-0.05, 0) is 12.0 Å². The second-order valence-electron chi connectivity index (χ2n) is 6.23. The lowest BCUT2D eigenvalue weighted by Crippen LogP contribution is -2.34. The first-order valence-corrected chi connectivity index (χ1v) is 9.92. The van der Waals surface area contributed by atoms with Crippen LogP contribution >= 0.6 is 8.53 Å². The number of benzene rings is 1. The molecule has 1 aliphatic heterocycles. The highest BCUT2D eigenvalue weighted by atomic mass is 31.2. The highest BCUT2D eigenvalue weighted by Crippen LogP contribution is 2.32. The number of carbonyl (C=O) groups excluding carboxylic acids is 2. The Morgan fingerprint density at radius 1 is 1.44 bits per heavy atom. The van der Waals surface area contributed by atoms with Crippen molar-refractivity contribution in [1.29, 1.82) is 0 Å². The highest BCUT2D eigenvalue weighted by molar-refractivity contribution is 7.43. The van der Waals surface area contributed by atoms with Crippen LogP contribution in [0, 0.1) is 5.92 Å². The normalized spacial score (nSPS) is 23.3. The fourth-order valence-electron chi connectivity index (χ4n) is 2.76. The van der Waals surface area contributed by atoms with Gasteiger partial charge in [0.1, 0.15) is 6.23 Å². The lowest BCUT2D eigenvalue weighted by atomic mass is 10.1. The van der Waals surface area contributed by atoms with Crippen LogP contribution in [0.2, 0.25) is 0 Å². The van der Waals surface area contributed by atoms with Gasteiger partial charge in [0, 0.05) is 31.8 Å². The molecule has 1 aromatic carbocycles. The van der Waals surface area contributed by atoms with Crippen LogP contribution in [0.1, 0.15) is 18.9 Å². The van der Waals surface area contributed by atoms with Crippen molar-refractivity contribution >= 4 is 20.8 Å². The Labute approximate surface area is 160 Å². The van der Waals surface area contributed by atoms with E-state index in [2.05, 4.69) is 10.4 Å². The maximum Gasteiger partial charge on any atom is 0.253 e. The minimum absolute atomic E-state index is 0.0698. The quantitative estimate of drug-likeness (QED) is 0.315. The van der Waals surface area contributed by atoms with E-state index in [1.807, 2.05) is 37.3 Å². The van der Waals surface area contributed by atoms with Gasteiger partial charge in [-0.1, -0.05) is 37.3 Å². The number of rotatable bonds is 10. The van der Waals surface area contributed by atoms with Crippen LogP contribution in [-0.4, -0.2) is 48.1 Å². The molecule has 1 heterocycles. The molecule has 2 rings (SSSR count). The molecular weight excluding hydrogens is 369 g/mol. The molecule has 148 valence electrons. The van der Waals surface area contributed by atoms with Crippen molar-refractivity contribution in [3.8, 4) is 0 Å². The van der Waals surface area contributed by atoms with E-state index < -0.39 is 14.8 Å². The fourth-order valence-corrected chi connectivity index (χ4v) is 3.48. The Kier molecular flexibility index (Phi) is 8.84. The minimum Gasteiger partial charge on any atom is -0.356 e. The molecule has 3 N–H and O–H groups in total. The molecule has 0 aliphatic carbocycles. The number of nitrogens with zero attached hydrogens (tertiary/aromatic N) is 1. The van der Waals surface area contributed by atoms with E-state index in [0.717, 1.165) is 5.56 Å². The summed E-state index contributed by atoms with van der Waals surface area (Å²) in [6, 6.07) is 9.72. The summed E-state index contributed by atoms with van der Waals surface area (Å²) in [5.74, 6) is -0.233. The molecule has 1 saturated heterocycles. The Morgan fingerprint density at radius 3 is 2.85 bits per heavy atom. The summed E-state index contributed by atoms with van der Waals surface area (Å²) in [6.07, 6.45) is 3.27. The summed E-state index contributed by atoms with van der Waals surface area (Å²) in [5.41, 5.74) is 1.05. The van der Waals surface area contributed by atoms with E-state index in [4.69, 9.17) is 9.26 Å². The number of carbonyl (C=O) groups is 2. The largest absolute Gasteiger partial charge is 0.356 e. The van der Waals surface area contributed by atoms with E-state index in [9.17, 15) is 14.5 Å². The van der Waals surface area contributed by atoms with Gasteiger partial charge in [-0.3, -0.25) is 14.5 Å². The molecule has 2 amide bonds. The monoisotopic (exact) mass is 395 g/mol. The Morgan fingerprint density at radius 2 is 2.19 bits per heavy atom. The van der Waals surface area contributed by atoms with Gasteiger partial charge in [0.25, 0.3) is 8.53 Å². The SMILES string of the molecule is CNC(=O)/C=C\N(C=O)C1OC(COP(O)NCc2ccccc2)CC1C. The van der Waals surface area contributed by atoms with E-state index in [1.54, 1.807) is 0 Å². The molecular formula is C18H26N3O5P. The third kappa shape index (κ3) is 7.01. The lowest BCUT2D eigenvalue weighted by molar-refractivity contribution is -0.129. The Hall–Kier alpha value is -1.83. The predicted octanol–water partition coefficient (Wildman–Crippen LogP) is 1.48. The van der Waals surface area contributed by atoms with Crippen molar-refractivity contribution in [2.75, 3.05) is 13.7 Å². The number of amides is 2. The predicted molar refractivity (Wildman–Crippen MR) is 102 cm³/mol. The summed E-state index contributed by atoms with van der Waals surface area (Å²) < 4.78 is 11.3. The summed E-state index contributed by atoms with van der Waals surface area (Å²) >= 11 is 0. The molecule has 0 spiro atoms. The van der Waals surface area contributed by atoms with Crippen LogP contribution in [0.15, 0.2) is 42.6 Å². The molecule has 1 fully saturated rings. The standard InChI is InChI=1S/C18H26N3O5P/c1-14-10-16(26-18(14)21(13-22)9-8-17(23)19-2)12-25-27(24)20-11-15-6-4-3-5-7-15/h3-9,13-14,16,18,20,24H,10-12H2,1-2H3,(H,19,23)/b9-8-. The molecule has 9 heteroatoms. The maximum absolute atomic E-state index is 11.3. The molecule has 0 bridgehead atoms.